The predicted octanol–water partition coefficient (Wildman–Crippen LogP) is 5.03. The summed E-state index contributed by atoms with van der Waals surface area (Å²) in [6.07, 6.45) is -1.03. The Morgan fingerprint density at radius 2 is 1.06 bits per heavy atom. The minimum absolute atomic E-state index is 0.0350. The van der Waals surface area contributed by atoms with E-state index in [1.165, 1.54) is 82.7 Å². The number of aliphatic hydroxyl groups excluding tert-OH is 1. The second-order valence-corrected chi connectivity index (χ2v) is 29.1. The Balaban J connectivity index is 1.40. The summed E-state index contributed by atoms with van der Waals surface area (Å²) in [6.45, 7) is 13.6. The van der Waals surface area contributed by atoms with Gasteiger partial charge in [0.25, 0.3) is 0 Å². The van der Waals surface area contributed by atoms with E-state index >= 15 is 19.2 Å². The van der Waals surface area contributed by atoms with Crippen molar-refractivity contribution in [2.45, 2.75) is 199 Å². The fraction of sp³-hybridized carbons (Fsp3) is 0.537. The van der Waals surface area contributed by atoms with E-state index in [9.17, 15) is 48.3 Å². The maximum absolute atomic E-state index is 15.6. The molecule has 25 heteroatoms. The molecule has 2 fully saturated rings. The highest BCUT2D eigenvalue weighted by molar-refractivity contribution is 6.00. The number of likely N-dealkylation sites (tertiary alicyclic amines) is 1. The maximum Gasteiger partial charge on any atom is 0.246 e. The van der Waals surface area contributed by atoms with Crippen molar-refractivity contribution in [3.63, 3.8) is 0 Å². The normalized spacial score (nSPS) is 22.3. The summed E-state index contributed by atoms with van der Waals surface area (Å²) in [5, 5.41) is 19.3. The van der Waals surface area contributed by atoms with Gasteiger partial charge >= 0.3 is 0 Å². The fourth-order valence-corrected chi connectivity index (χ4v) is 13.3. The number of nitrogens with zero attached hydrogens (tertiary/aromatic N) is 8. The number of aliphatic hydroxyl groups is 1. The molecule has 4 aromatic rings. The third kappa shape index (κ3) is 23.7. The number of benzene rings is 4. The van der Waals surface area contributed by atoms with Gasteiger partial charge in [0.1, 0.15) is 42.3 Å². The van der Waals surface area contributed by atoms with E-state index in [0.29, 0.717) is 35.3 Å². The highest BCUT2D eigenvalue weighted by Crippen LogP contribution is 2.26. The van der Waals surface area contributed by atoms with Crippen LogP contribution >= 0.6 is 0 Å². The Bertz CT molecular complexity index is 3630. The summed E-state index contributed by atoms with van der Waals surface area (Å²) in [6, 6.07) is 23.2. The van der Waals surface area contributed by atoms with Crippen molar-refractivity contribution in [2.24, 2.45) is 17.8 Å². The van der Waals surface area contributed by atoms with Crippen LogP contribution in [0.1, 0.15) is 135 Å². The van der Waals surface area contributed by atoms with Gasteiger partial charge in [0.2, 0.25) is 65.0 Å². The molecule has 4 aromatic carbocycles. The van der Waals surface area contributed by atoms with Crippen LogP contribution in [0.4, 0.5) is 0 Å². The molecule has 0 saturated carbocycles. The number of likely N-dealkylation sites (N-methyl/N-ethyl adjacent to an activating group) is 5. The molecule has 0 aromatic heterocycles. The molecular weight excluding hydrogens is 1340 g/mol. The Labute approximate surface area is 619 Å². The molecule has 4 N–H and O–H groups in total. The lowest BCUT2D eigenvalue weighted by molar-refractivity contribution is -0.151. The van der Waals surface area contributed by atoms with Gasteiger partial charge in [-0.3, -0.25) is 62.3 Å². The van der Waals surface area contributed by atoms with E-state index in [4.69, 9.17) is 0 Å². The molecular formula is C80H111N11O14. The fourth-order valence-electron chi connectivity index (χ4n) is 13.3. The molecule has 0 unspecified atom stereocenters. The number of piperidine rings is 1. The van der Waals surface area contributed by atoms with E-state index in [2.05, 4.69) is 16.0 Å². The predicted molar refractivity (Wildman–Crippen MR) is 397 cm³/mol. The Hall–Kier alpha value is -9.65. The highest BCUT2D eigenvalue weighted by Gasteiger charge is 2.43. The largest absolute Gasteiger partial charge is 0.391 e. The zero-order chi connectivity index (χ0) is 77.5. The van der Waals surface area contributed by atoms with Crippen molar-refractivity contribution in [3.8, 4) is 0 Å². The number of hydrogen-bond donors (Lipinski definition) is 4. The summed E-state index contributed by atoms with van der Waals surface area (Å²) in [5.74, 6) is -10.3. The first-order chi connectivity index (χ1) is 49.7. The van der Waals surface area contributed by atoms with Crippen molar-refractivity contribution >= 4 is 76.5 Å². The van der Waals surface area contributed by atoms with Crippen molar-refractivity contribution in [1.29, 1.82) is 0 Å². The number of rotatable bonds is 20. The SMILES string of the molecule is CC(C)C[C@H]1C(=O)N(C)[C@@H](Cc2ccccc2)C(=O)CCC(=O)N(C)[C@@H](Cc2ccccc2)C(=O)N(C)[C@@H](C)C(=O)N[C@@H]([C@@H](C)O)C(=O)N[C@H](C(=O)N(C)[C@@H](C)C(=O)N(Cc2ccccc2)[C@@H](Cc2ccccc2)C(=O)C[C@@H](C)C(=O)N2CCCCC2)CC(=O)N(C)CCC(=O)N[C@@H](C(C)C)C(=O)N1C. The monoisotopic (exact) mass is 1450 g/mol. The van der Waals surface area contributed by atoms with E-state index in [-0.39, 0.29) is 69.9 Å². The summed E-state index contributed by atoms with van der Waals surface area (Å²) in [4.78, 5) is 202. The first-order valence-corrected chi connectivity index (χ1v) is 36.7. The molecule has 0 spiro atoms. The number of nitrogens with one attached hydrogen (secondary N) is 3. The average molecular weight is 1450 g/mol. The molecule has 25 nitrogen and oxygen atoms in total. The molecule has 2 aliphatic heterocycles. The number of hydrogen-bond acceptors (Lipinski definition) is 14. The van der Waals surface area contributed by atoms with Gasteiger partial charge in [-0.1, -0.05) is 156 Å². The molecule has 0 aliphatic carbocycles. The lowest BCUT2D eigenvalue weighted by Gasteiger charge is -2.37. The van der Waals surface area contributed by atoms with Gasteiger partial charge in [-0.25, -0.2) is 0 Å². The second kappa shape index (κ2) is 40.0. The van der Waals surface area contributed by atoms with E-state index in [1.807, 2.05) is 32.0 Å². The first kappa shape index (κ1) is 84.3. The first-order valence-electron chi connectivity index (χ1n) is 36.7. The van der Waals surface area contributed by atoms with Crippen molar-refractivity contribution in [1.82, 2.24) is 55.1 Å². The van der Waals surface area contributed by atoms with Crippen LogP contribution in [0.5, 0.6) is 0 Å². The Morgan fingerprint density at radius 3 is 1.59 bits per heavy atom. The standard InChI is InChI=1S/C80H111N11O14/c1-51(2)44-64-79(104)88(13)62(46-57-30-20-15-21-31-57)66(93)38-39-69(96)87(12)65(48-59-34-24-17-25-35-59)78(103)85(10)54(6)73(98)83-72(56(8)92)74(99)81-61(49-70(97)84(9)43-40-68(95)82-71(52(3)4)80(105)89(64)14)77(102)86(11)55(7)76(101)91(50-60-36-26-18-27-37-60)63(47-58-32-22-16-23-33-58)67(94)45-53(5)75(100)90-41-28-19-29-42-90/h15-18,20-27,30-37,51-56,61-65,71-72,92H,19,28-29,38-50H2,1-14H3,(H,81,99)(H,82,95)(H,83,98)/t53-,54+,55+,56-,61+,62+,63+,64+,65+,71+,72+/m1/s1. The van der Waals surface area contributed by atoms with E-state index < -0.39 is 156 Å². The van der Waals surface area contributed by atoms with Crippen LogP contribution in [0.15, 0.2) is 121 Å². The van der Waals surface area contributed by atoms with Crippen LogP contribution < -0.4 is 16.0 Å². The molecule has 2 heterocycles. The Morgan fingerprint density at radius 1 is 0.543 bits per heavy atom. The summed E-state index contributed by atoms with van der Waals surface area (Å²) in [7, 11) is 8.30. The van der Waals surface area contributed by atoms with Crippen molar-refractivity contribution in [2.75, 3.05) is 61.9 Å². The van der Waals surface area contributed by atoms with Crippen molar-refractivity contribution < 1.29 is 67.4 Å². The van der Waals surface area contributed by atoms with E-state index in [1.54, 1.807) is 129 Å². The topological polar surface area (TPSA) is 304 Å². The summed E-state index contributed by atoms with van der Waals surface area (Å²) >= 11 is 0. The van der Waals surface area contributed by atoms with E-state index in [0.717, 1.165) is 34.0 Å². The van der Waals surface area contributed by atoms with Crippen molar-refractivity contribution in [3.05, 3.63) is 144 Å². The van der Waals surface area contributed by atoms with Gasteiger partial charge < -0.3 is 60.3 Å². The average Bonchev–Trinajstić information content (AvgIpc) is 0.832. The van der Waals surface area contributed by atoms with Crippen LogP contribution in [0.25, 0.3) is 0 Å². The molecule has 0 bridgehead atoms. The molecule has 570 valence electrons. The quantitative estimate of drug-likeness (QED) is 0.0902. The molecule has 11 amide bonds. The molecule has 2 saturated heterocycles. The highest BCUT2D eigenvalue weighted by atomic mass is 16.3. The smallest absolute Gasteiger partial charge is 0.246 e. The van der Waals surface area contributed by atoms with Gasteiger partial charge in [0, 0.05) is 106 Å². The number of Topliss-reactive ketones (excluding diaryl/α,β-unsaturated/α-hetero) is 2. The van der Waals surface area contributed by atoms with Crippen LogP contribution in [0.3, 0.4) is 0 Å². The number of ketones is 2. The minimum atomic E-state index is -1.87. The van der Waals surface area contributed by atoms with Gasteiger partial charge in [0.15, 0.2) is 11.6 Å². The lowest BCUT2D eigenvalue weighted by Crippen LogP contribution is -2.61. The van der Waals surface area contributed by atoms with Crippen LogP contribution in [-0.2, 0) is 88.1 Å². The lowest BCUT2D eigenvalue weighted by atomic mass is 9.92. The number of carbonyl (C=O) groups is 13. The van der Waals surface area contributed by atoms with Gasteiger partial charge in [-0.15, -0.1) is 0 Å². The molecule has 11 atom stereocenters. The van der Waals surface area contributed by atoms with Gasteiger partial charge in [0.05, 0.1) is 24.6 Å². The number of carbonyl (C=O) groups excluding carboxylic acids is 13. The molecule has 0 radical (unpaired) electrons. The maximum atomic E-state index is 15.6. The number of amides is 11. The molecule has 2 aliphatic rings. The van der Waals surface area contributed by atoms with Crippen LogP contribution in [-0.4, -0.2) is 243 Å². The third-order valence-corrected chi connectivity index (χ3v) is 20.4. The van der Waals surface area contributed by atoms with Gasteiger partial charge in [-0.2, -0.15) is 0 Å². The summed E-state index contributed by atoms with van der Waals surface area (Å²) in [5.41, 5.74) is 2.70. The third-order valence-electron chi connectivity index (χ3n) is 20.4. The summed E-state index contributed by atoms with van der Waals surface area (Å²) < 4.78 is 0. The second-order valence-electron chi connectivity index (χ2n) is 29.1. The zero-order valence-electron chi connectivity index (χ0n) is 63.7. The minimum Gasteiger partial charge on any atom is -0.391 e. The van der Waals surface area contributed by atoms with Gasteiger partial charge in [-0.05, 0) is 93.4 Å². The van der Waals surface area contributed by atoms with Crippen LogP contribution in [0.2, 0.25) is 0 Å². The Kier molecular flexibility index (Phi) is 32.1. The van der Waals surface area contributed by atoms with Crippen LogP contribution in [0, 0.1) is 17.8 Å². The molecule has 105 heavy (non-hydrogen) atoms. The molecule has 6 rings (SSSR count). The zero-order valence-corrected chi connectivity index (χ0v) is 63.7.